The number of benzene rings is 2. The van der Waals surface area contributed by atoms with Gasteiger partial charge in [-0.3, -0.25) is 0 Å². The maximum absolute atomic E-state index is 11.8. The van der Waals surface area contributed by atoms with Crippen LogP contribution in [0, 0.1) is 0 Å². The molecule has 0 aliphatic heterocycles. The highest BCUT2D eigenvalue weighted by molar-refractivity contribution is 6.07. The molecule has 0 saturated heterocycles. The molecular formula is C19H15NO3. The van der Waals surface area contributed by atoms with Crippen LogP contribution in [0.5, 0.6) is 0 Å². The van der Waals surface area contributed by atoms with Crippen molar-refractivity contribution in [3.05, 3.63) is 72.0 Å². The summed E-state index contributed by atoms with van der Waals surface area (Å²) in [6.45, 7) is 0.713. The average Bonchev–Trinajstić information content (AvgIpc) is 3.15. The first kappa shape index (κ1) is 13.6. The van der Waals surface area contributed by atoms with E-state index in [1.165, 1.54) is 12.7 Å². The smallest absolute Gasteiger partial charge is 0.374 e. The molecule has 4 heteroatoms. The van der Waals surface area contributed by atoms with Crippen LogP contribution in [0.2, 0.25) is 0 Å². The number of fused-ring (bicyclic) bond motifs is 3. The summed E-state index contributed by atoms with van der Waals surface area (Å²) in [6.07, 6.45) is 0. The Kier molecular flexibility index (Phi) is 3.15. The van der Waals surface area contributed by atoms with Gasteiger partial charge in [0.15, 0.2) is 5.58 Å². The van der Waals surface area contributed by atoms with Gasteiger partial charge in [-0.2, -0.15) is 0 Å². The number of para-hydroxylation sites is 1. The van der Waals surface area contributed by atoms with Crippen LogP contribution in [0.15, 0.2) is 65.1 Å². The van der Waals surface area contributed by atoms with Crippen molar-refractivity contribution in [3.8, 4) is 0 Å². The van der Waals surface area contributed by atoms with Crippen molar-refractivity contribution in [2.24, 2.45) is 0 Å². The normalized spacial score (nSPS) is 11.2. The summed E-state index contributed by atoms with van der Waals surface area (Å²) in [5.41, 5.74) is 3.89. The lowest BCUT2D eigenvalue weighted by atomic mass is 10.2. The van der Waals surface area contributed by atoms with E-state index in [0.717, 1.165) is 22.0 Å². The second-order valence-electron chi connectivity index (χ2n) is 5.41. The van der Waals surface area contributed by atoms with E-state index in [9.17, 15) is 4.79 Å². The average molecular weight is 305 g/mol. The molecule has 0 fully saturated rings. The minimum Gasteiger partial charge on any atom is -0.463 e. The molecule has 2 aromatic heterocycles. The van der Waals surface area contributed by atoms with Gasteiger partial charge in [0.2, 0.25) is 5.76 Å². The van der Waals surface area contributed by atoms with E-state index >= 15 is 0 Å². The van der Waals surface area contributed by atoms with Crippen molar-refractivity contribution in [3.63, 3.8) is 0 Å². The van der Waals surface area contributed by atoms with Crippen molar-refractivity contribution in [2.75, 3.05) is 7.11 Å². The number of ether oxygens (including phenoxy) is 1. The van der Waals surface area contributed by atoms with Gasteiger partial charge in [-0.25, -0.2) is 4.79 Å². The van der Waals surface area contributed by atoms with Crippen LogP contribution in [0.25, 0.3) is 22.0 Å². The first-order valence-electron chi connectivity index (χ1n) is 7.41. The number of rotatable bonds is 3. The number of esters is 1. The molecule has 2 aromatic carbocycles. The zero-order valence-corrected chi connectivity index (χ0v) is 12.7. The van der Waals surface area contributed by atoms with Crippen LogP contribution in [0.3, 0.4) is 0 Å². The molecule has 0 atom stereocenters. The Morgan fingerprint density at radius 2 is 1.78 bits per heavy atom. The molecule has 4 aromatic rings. The van der Waals surface area contributed by atoms with E-state index in [1.54, 1.807) is 6.07 Å². The standard InChI is InChI=1S/C19H15NO3/c1-22-19(21)17-11-16-18(23-17)14-9-5-6-10-15(14)20(16)12-13-7-3-2-4-8-13/h2-11H,12H2,1H3. The monoisotopic (exact) mass is 305 g/mol. The van der Waals surface area contributed by atoms with Gasteiger partial charge >= 0.3 is 5.97 Å². The van der Waals surface area contributed by atoms with Gasteiger partial charge in [0, 0.05) is 18.0 Å². The van der Waals surface area contributed by atoms with Crippen LogP contribution < -0.4 is 0 Å². The Bertz CT molecular complexity index is 995. The highest BCUT2D eigenvalue weighted by Gasteiger charge is 2.19. The number of furan rings is 1. The third-order valence-electron chi connectivity index (χ3n) is 4.01. The molecule has 0 bridgehead atoms. The number of hydrogen-bond donors (Lipinski definition) is 0. The summed E-state index contributed by atoms with van der Waals surface area (Å²) in [5.74, 6) is -0.235. The largest absolute Gasteiger partial charge is 0.463 e. The lowest BCUT2D eigenvalue weighted by molar-refractivity contribution is 0.0568. The van der Waals surface area contributed by atoms with Crippen molar-refractivity contribution < 1.29 is 13.9 Å². The van der Waals surface area contributed by atoms with Gasteiger partial charge < -0.3 is 13.7 Å². The highest BCUT2D eigenvalue weighted by Crippen LogP contribution is 2.32. The summed E-state index contributed by atoms with van der Waals surface area (Å²) >= 11 is 0. The lowest BCUT2D eigenvalue weighted by Gasteiger charge is -2.06. The second kappa shape index (κ2) is 5.32. The predicted octanol–water partition coefficient (Wildman–Crippen LogP) is 4.22. The third-order valence-corrected chi connectivity index (χ3v) is 4.01. The van der Waals surface area contributed by atoms with Gasteiger partial charge in [-0.05, 0) is 17.7 Å². The van der Waals surface area contributed by atoms with Crippen molar-refractivity contribution >= 4 is 28.0 Å². The van der Waals surface area contributed by atoms with E-state index in [-0.39, 0.29) is 5.76 Å². The maximum atomic E-state index is 11.8. The quantitative estimate of drug-likeness (QED) is 0.532. The van der Waals surface area contributed by atoms with Crippen LogP contribution in [0.4, 0.5) is 0 Å². The first-order chi connectivity index (χ1) is 11.3. The predicted molar refractivity (Wildman–Crippen MR) is 88.6 cm³/mol. The Hall–Kier alpha value is -3.01. The Labute approximate surface area is 132 Å². The lowest BCUT2D eigenvalue weighted by Crippen LogP contribution is -2.00. The molecule has 0 radical (unpaired) electrons. The molecule has 0 saturated carbocycles. The molecule has 2 heterocycles. The molecule has 0 spiro atoms. The number of hydrogen-bond acceptors (Lipinski definition) is 3. The molecule has 0 aliphatic rings. The summed E-state index contributed by atoms with van der Waals surface area (Å²) in [7, 11) is 1.35. The van der Waals surface area contributed by atoms with Crippen molar-refractivity contribution in [2.45, 2.75) is 6.54 Å². The van der Waals surface area contributed by atoms with Crippen molar-refractivity contribution in [1.29, 1.82) is 0 Å². The van der Waals surface area contributed by atoms with Crippen LogP contribution in [-0.2, 0) is 11.3 Å². The number of nitrogens with zero attached hydrogens (tertiary/aromatic N) is 1. The molecule has 4 rings (SSSR count). The first-order valence-corrected chi connectivity index (χ1v) is 7.41. The van der Waals surface area contributed by atoms with E-state index in [4.69, 9.17) is 9.15 Å². The van der Waals surface area contributed by atoms with Crippen LogP contribution in [-0.4, -0.2) is 17.6 Å². The number of methoxy groups -OCH3 is 1. The minimum atomic E-state index is -0.462. The van der Waals surface area contributed by atoms with Crippen LogP contribution in [0.1, 0.15) is 16.1 Å². The molecule has 23 heavy (non-hydrogen) atoms. The third kappa shape index (κ3) is 2.19. The summed E-state index contributed by atoms with van der Waals surface area (Å²) in [6, 6.07) is 20.0. The van der Waals surface area contributed by atoms with E-state index in [0.29, 0.717) is 6.54 Å². The molecule has 0 unspecified atom stereocenters. The Balaban J connectivity index is 1.95. The topological polar surface area (TPSA) is 44.4 Å². The molecule has 0 aliphatic carbocycles. The summed E-state index contributed by atoms with van der Waals surface area (Å²) < 4.78 is 12.7. The van der Waals surface area contributed by atoms with Gasteiger partial charge in [0.25, 0.3) is 0 Å². The summed E-state index contributed by atoms with van der Waals surface area (Å²) in [5, 5.41) is 0.994. The number of aromatic nitrogens is 1. The van der Waals surface area contributed by atoms with Gasteiger partial charge in [0.05, 0.1) is 18.1 Å². The van der Waals surface area contributed by atoms with Gasteiger partial charge in [-0.15, -0.1) is 0 Å². The summed E-state index contributed by atoms with van der Waals surface area (Å²) in [4.78, 5) is 11.8. The second-order valence-corrected chi connectivity index (χ2v) is 5.41. The molecular weight excluding hydrogens is 290 g/mol. The molecule has 4 nitrogen and oxygen atoms in total. The number of carbonyl (C=O) groups is 1. The van der Waals surface area contributed by atoms with Gasteiger partial charge in [0.1, 0.15) is 0 Å². The Morgan fingerprint density at radius 3 is 2.57 bits per heavy atom. The Morgan fingerprint density at radius 1 is 1.04 bits per heavy atom. The van der Waals surface area contributed by atoms with Crippen molar-refractivity contribution in [1.82, 2.24) is 4.57 Å². The van der Waals surface area contributed by atoms with E-state index < -0.39 is 5.97 Å². The zero-order valence-electron chi connectivity index (χ0n) is 12.7. The SMILES string of the molecule is COC(=O)c1cc2c(o1)c1ccccc1n2Cc1ccccc1. The van der Waals surface area contributed by atoms with Gasteiger partial charge in [-0.1, -0.05) is 42.5 Å². The van der Waals surface area contributed by atoms with E-state index in [1.807, 2.05) is 36.4 Å². The molecule has 114 valence electrons. The highest BCUT2D eigenvalue weighted by atomic mass is 16.5. The maximum Gasteiger partial charge on any atom is 0.374 e. The fourth-order valence-corrected chi connectivity index (χ4v) is 2.94. The van der Waals surface area contributed by atoms with Crippen LogP contribution >= 0.6 is 0 Å². The van der Waals surface area contributed by atoms with E-state index in [2.05, 4.69) is 22.8 Å². The molecule has 0 amide bonds. The molecule has 0 N–H and O–H groups in total. The number of carbonyl (C=O) groups excluding carboxylic acids is 1. The zero-order chi connectivity index (χ0) is 15.8. The fraction of sp³-hybridized carbons (Fsp3) is 0.105. The fourth-order valence-electron chi connectivity index (χ4n) is 2.94. The minimum absolute atomic E-state index is 0.227.